The smallest absolute Gasteiger partial charge is 0.272 e. The lowest BCUT2D eigenvalue weighted by Crippen LogP contribution is -2.49. The Balaban J connectivity index is 1.74. The molecule has 2 rings (SSSR count). The number of carbonyl (C=O) groups excluding carboxylic acids is 1. The summed E-state index contributed by atoms with van der Waals surface area (Å²) in [6.45, 7) is 5.45. The monoisotopic (exact) mass is 279 g/mol. The second kappa shape index (κ2) is 7.40. The molecule has 6 nitrogen and oxygen atoms in total. The molecule has 0 spiro atoms. The summed E-state index contributed by atoms with van der Waals surface area (Å²) in [5.74, 6) is 0.0905. The molecule has 0 radical (unpaired) electrons. The number of carbonyl (C=O) groups is 1. The van der Waals surface area contributed by atoms with Crippen molar-refractivity contribution in [2.24, 2.45) is 12.8 Å². The number of nitrogens with zero attached hydrogens (tertiary/aromatic N) is 4. The van der Waals surface area contributed by atoms with Gasteiger partial charge in [-0.1, -0.05) is 6.42 Å². The maximum Gasteiger partial charge on any atom is 0.272 e. The summed E-state index contributed by atoms with van der Waals surface area (Å²) in [4.78, 5) is 16.7. The molecule has 1 aliphatic heterocycles. The van der Waals surface area contributed by atoms with Gasteiger partial charge in [0, 0.05) is 39.4 Å². The molecular weight excluding hydrogens is 254 g/mol. The van der Waals surface area contributed by atoms with Crippen LogP contribution in [0.1, 0.15) is 29.8 Å². The molecule has 20 heavy (non-hydrogen) atoms. The van der Waals surface area contributed by atoms with Gasteiger partial charge in [-0.25, -0.2) is 0 Å². The van der Waals surface area contributed by atoms with Crippen LogP contribution in [0.15, 0.2) is 12.3 Å². The van der Waals surface area contributed by atoms with Crippen molar-refractivity contribution in [1.29, 1.82) is 0 Å². The highest BCUT2D eigenvalue weighted by Crippen LogP contribution is 2.09. The standard InChI is InChI=1S/C14H25N5O/c1-17-13(5-7-16-17)14(20)19-11-9-18(10-12-19)8-4-2-3-6-15/h5,7H,2-4,6,8-12,15H2,1H3. The highest BCUT2D eigenvalue weighted by atomic mass is 16.2. The van der Waals surface area contributed by atoms with Crippen LogP contribution >= 0.6 is 0 Å². The zero-order valence-corrected chi connectivity index (χ0v) is 12.3. The topological polar surface area (TPSA) is 67.4 Å². The Hall–Kier alpha value is -1.40. The largest absolute Gasteiger partial charge is 0.335 e. The average Bonchev–Trinajstić information content (AvgIpc) is 2.90. The normalized spacial score (nSPS) is 16.6. The fourth-order valence-electron chi connectivity index (χ4n) is 2.58. The summed E-state index contributed by atoms with van der Waals surface area (Å²) in [5.41, 5.74) is 6.16. The zero-order chi connectivity index (χ0) is 14.4. The van der Waals surface area contributed by atoms with Crippen molar-refractivity contribution in [2.45, 2.75) is 19.3 Å². The minimum Gasteiger partial charge on any atom is -0.335 e. The first kappa shape index (κ1) is 15.0. The van der Waals surface area contributed by atoms with Gasteiger partial charge in [0.15, 0.2) is 0 Å². The maximum atomic E-state index is 12.3. The molecule has 0 atom stereocenters. The number of aromatic nitrogens is 2. The Morgan fingerprint density at radius 2 is 2.00 bits per heavy atom. The van der Waals surface area contributed by atoms with Crippen LogP contribution in [-0.2, 0) is 7.05 Å². The van der Waals surface area contributed by atoms with Crippen LogP contribution in [0, 0.1) is 0 Å². The Kier molecular flexibility index (Phi) is 5.55. The van der Waals surface area contributed by atoms with Gasteiger partial charge in [0.2, 0.25) is 0 Å². The highest BCUT2D eigenvalue weighted by molar-refractivity contribution is 5.92. The number of amides is 1. The van der Waals surface area contributed by atoms with Gasteiger partial charge in [0.1, 0.15) is 5.69 Å². The number of hydrogen-bond acceptors (Lipinski definition) is 4. The average molecular weight is 279 g/mol. The molecule has 0 bridgehead atoms. The van der Waals surface area contributed by atoms with Crippen LogP contribution in [0.3, 0.4) is 0 Å². The fourth-order valence-corrected chi connectivity index (χ4v) is 2.58. The first-order chi connectivity index (χ1) is 9.72. The number of rotatable bonds is 6. The minimum absolute atomic E-state index is 0.0905. The number of nitrogens with two attached hydrogens (primary N) is 1. The molecule has 1 saturated heterocycles. The zero-order valence-electron chi connectivity index (χ0n) is 12.3. The quantitative estimate of drug-likeness (QED) is 0.761. The molecule has 0 unspecified atom stereocenters. The van der Waals surface area contributed by atoms with Gasteiger partial charge < -0.3 is 10.6 Å². The molecule has 1 aromatic heterocycles. The minimum atomic E-state index is 0.0905. The first-order valence-corrected chi connectivity index (χ1v) is 7.42. The van der Waals surface area contributed by atoms with E-state index in [1.807, 2.05) is 4.90 Å². The summed E-state index contributed by atoms with van der Waals surface area (Å²) in [6, 6.07) is 1.78. The molecule has 0 saturated carbocycles. The van der Waals surface area contributed by atoms with Crippen molar-refractivity contribution in [3.05, 3.63) is 18.0 Å². The Bertz CT molecular complexity index is 423. The van der Waals surface area contributed by atoms with Gasteiger partial charge in [-0.15, -0.1) is 0 Å². The van der Waals surface area contributed by atoms with E-state index >= 15 is 0 Å². The Morgan fingerprint density at radius 3 is 2.60 bits per heavy atom. The summed E-state index contributed by atoms with van der Waals surface area (Å²) in [5, 5.41) is 4.05. The summed E-state index contributed by atoms with van der Waals surface area (Å²) in [7, 11) is 1.81. The lowest BCUT2D eigenvalue weighted by atomic mass is 10.2. The van der Waals surface area contributed by atoms with Gasteiger partial charge in [-0.2, -0.15) is 5.10 Å². The van der Waals surface area contributed by atoms with Crippen molar-refractivity contribution >= 4 is 5.91 Å². The molecule has 112 valence electrons. The van der Waals surface area contributed by atoms with E-state index in [9.17, 15) is 4.79 Å². The molecule has 1 fully saturated rings. The second-order valence-electron chi connectivity index (χ2n) is 5.32. The number of piperazine rings is 1. The van der Waals surface area contributed by atoms with Crippen LogP contribution in [0.4, 0.5) is 0 Å². The van der Waals surface area contributed by atoms with Crippen LogP contribution in [0.2, 0.25) is 0 Å². The molecular formula is C14H25N5O. The van der Waals surface area contributed by atoms with E-state index in [-0.39, 0.29) is 5.91 Å². The lowest BCUT2D eigenvalue weighted by Gasteiger charge is -2.34. The molecule has 0 aromatic carbocycles. The molecule has 6 heteroatoms. The van der Waals surface area contributed by atoms with E-state index in [0.717, 1.165) is 45.7 Å². The Morgan fingerprint density at radius 1 is 1.25 bits per heavy atom. The van der Waals surface area contributed by atoms with Crippen molar-refractivity contribution < 1.29 is 4.79 Å². The van der Waals surface area contributed by atoms with Crippen LogP contribution in [0.25, 0.3) is 0 Å². The summed E-state index contributed by atoms with van der Waals surface area (Å²) in [6.07, 6.45) is 5.18. The molecule has 1 aromatic rings. The first-order valence-electron chi connectivity index (χ1n) is 7.42. The highest BCUT2D eigenvalue weighted by Gasteiger charge is 2.23. The fraction of sp³-hybridized carbons (Fsp3) is 0.714. The van der Waals surface area contributed by atoms with Crippen LogP contribution < -0.4 is 5.73 Å². The Labute approximate surface area is 120 Å². The second-order valence-corrected chi connectivity index (χ2v) is 5.32. The van der Waals surface area contributed by atoms with Crippen LogP contribution in [-0.4, -0.2) is 64.8 Å². The van der Waals surface area contributed by atoms with E-state index in [0.29, 0.717) is 5.69 Å². The van der Waals surface area contributed by atoms with Gasteiger partial charge in [0.25, 0.3) is 5.91 Å². The third-order valence-electron chi connectivity index (χ3n) is 3.88. The van der Waals surface area contributed by atoms with Gasteiger partial charge in [-0.3, -0.25) is 14.4 Å². The van der Waals surface area contributed by atoms with Crippen LogP contribution in [0.5, 0.6) is 0 Å². The number of hydrogen-bond donors (Lipinski definition) is 1. The van der Waals surface area contributed by atoms with E-state index in [1.165, 1.54) is 12.8 Å². The van der Waals surface area contributed by atoms with Crippen molar-refractivity contribution in [3.8, 4) is 0 Å². The lowest BCUT2D eigenvalue weighted by molar-refractivity contribution is 0.0624. The van der Waals surface area contributed by atoms with E-state index < -0.39 is 0 Å². The van der Waals surface area contributed by atoms with Gasteiger partial charge >= 0.3 is 0 Å². The molecule has 1 amide bonds. The predicted molar refractivity (Wildman–Crippen MR) is 78.5 cm³/mol. The molecule has 2 N–H and O–H groups in total. The van der Waals surface area contributed by atoms with E-state index in [2.05, 4.69) is 10.00 Å². The third-order valence-corrected chi connectivity index (χ3v) is 3.88. The van der Waals surface area contributed by atoms with Crippen molar-refractivity contribution in [2.75, 3.05) is 39.3 Å². The van der Waals surface area contributed by atoms with Crippen molar-refractivity contribution in [3.63, 3.8) is 0 Å². The van der Waals surface area contributed by atoms with E-state index in [1.54, 1.807) is 24.0 Å². The molecule has 2 heterocycles. The SMILES string of the molecule is Cn1nccc1C(=O)N1CCN(CCCCCN)CC1. The molecule has 1 aliphatic rings. The summed E-state index contributed by atoms with van der Waals surface area (Å²) >= 11 is 0. The number of unbranched alkanes of at least 4 members (excludes halogenated alkanes) is 2. The third kappa shape index (κ3) is 3.80. The summed E-state index contributed by atoms with van der Waals surface area (Å²) < 4.78 is 1.64. The molecule has 0 aliphatic carbocycles. The predicted octanol–water partition coefficient (Wildman–Crippen LogP) is 0.307. The number of aryl methyl sites for hydroxylation is 1. The van der Waals surface area contributed by atoms with Gasteiger partial charge in [-0.05, 0) is 32.0 Å². The van der Waals surface area contributed by atoms with Crippen molar-refractivity contribution in [1.82, 2.24) is 19.6 Å². The van der Waals surface area contributed by atoms with Gasteiger partial charge in [0.05, 0.1) is 0 Å². The maximum absolute atomic E-state index is 12.3. The van der Waals surface area contributed by atoms with E-state index in [4.69, 9.17) is 5.73 Å².